The van der Waals surface area contributed by atoms with Crippen LogP contribution in [-0.2, 0) is 4.74 Å². The molecule has 17 heavy (non-hydrogen) atoms. The van der Waals surface area contributed by atoms with Gasteiger partial charge in [-0.25, -0.2) is 4.79 Å². The first-order chi connectivity index (χ1) is 8.10. The molecule has 0 radical (unpaired) electrons. The van der Waals surface area contributed by atoms with Crippen LogP contribution in [-0.4, -0.2) is 45.9 Å². The summed E-state index contributed by atoms with van der Waals surface area (Å²) in [6.45, 7) is 0.602. The Labute approximate surface area is 101 Å². The molecule has 0 amide bonds. The van der Waals surface area contributed by atoms with Crippen molar-refractivity contribution in [1.29, 1.82) is 0 Å². The molecule has 5 nitrogen and oxygen atoms in total. The van der Waals surface area contributed by atoms with Crippen molar-refractivity contribution in [1.82, 2.24) is 4.90 Å². The molecule has 0 spiro atoms. The number of anilines is 1. The zero-order valence-corrected chi connectivity index (χ0v) is 10.6. The normalized spacial score (nSPS) is 10.2. The molecule has 0 atom stereocenters. The Balaban J connectivity index is 3.06. The molecule has 0 aliphatic carbocycles. The zero-order valence-electron chi connectivity index (χ0n) is 10.6. The van der Waals surface area contributed by atoms with Gasteiger partial charge in [-0.1, -0.05) is 6.07 Å². The summed E-state index contributed by atoms with van der Waals surface area (Å²) >= 11 is 0. The highest BCUT2D eigenvalue weighted by Crippen LogP contribution is 2.28. The summed E-state index contributed by atoms with van der Waals surface area (Å²) in [5.74, 6) is 0.236. The predicted octanol–water partition coefficient (Wildman–Crippen LogP) is 1.41. The first-order valence-corrected chi connectivity index (χ1v) is 5.24. The minimum Gasteiger partial charge on any atom is -0.495 e. The quantitative estimate of drug-likeness (QED) is 0.621. The molecular weight excluding hydrogens is 220 g/mol. The summed E-state index contributed by atoms with van der Waals surface area (Å²) in [6.07, 6.45) is 0. The number of hydrogen-bond donors (Lipinski definition) is 1. The molecule has 1 N–H and O–H groups in total. The summed E-state index contributed by atoms with van der Waals surface area (Å²) in [7, 11) is 6.79. The largest absolute Gasteiger partial charge is 0.495 e. The number of carbonyl (C=O) groups is 1. The Hall–Kier alpha value is -1.75. The molecular formula is C12H18N2O3. The van der Waals surface area contributed by atoms with E-state index >= 15 is 0 Å². The number of benzene rings is 1. The van der Waals surface area contributed by atoms with Crippen molar-refractivity contribution in [3.8, 4) is 5.75 Å². The smallest absolute Gasteiger partial charge is 0.340 e. The second kappa shape index (κ2) is 6.10. The fourth-order valence-electron chi connectivity index (χ4n) is 1.40. The summed E-state index contributed by atoms with van der Waals surface area (Å²) in [4.78, 5) is 13.6. The van der Waals surface area contributed by atoms with E-state index in [1.807, 2.05) is 19.0 Å². The molecule has 0 saturated heterocycles. The molecule has 1 aromatic rings. The predicted molar refractivity (Wildman–Crippen MR) is 66.5 cm³/mol. The zero-order chi connectivity index (χ0) is 12.8. The lowest BCUT2D eigenvalue weighted by molar-refractivity contribution is 0.0601. The highest BCUT2D eigenvalue weighted by atomic mass is 16.5. The fourth-order valence-corrected chi connectivity index (χ4v) is 1.40. The maximum absolute atomic E-state index is 11.6. The van der Waals surface area contributed by atoms with Gasteiger partial charge < -0.3 is 14.8 Å². The summed E-state index contributed by atoms with van der Waals surface area (Å²) < 4.78 is 9.96. The molecule has 0 unspecified atom stereocenters. The average Bonchev–Trinajstić information content (AvgIpc) is 2.34. The van der Waals surface area contributed by atoms with Crippen molar-refractivity contribution in [2.45, 2.75) is 0 Å². The van der Waals surface area contributed by atoms with Crippen LogP contribution < -0.4 is 10.1 Å². The Morgan fingerprint density at radius 3 is 2.59 bits per heavy atom. The van der Waals surface area contributed by atoms with Crippen molar-refractivity contribution in [2.24, 2.45) is 0 Å². The van der Waals surface area contributed by atoms with Crippen LogP contribution in [0, 0.1) is 0 Å². The number of nitrogens with zero attached hydrogens (tertiary/aromatic N) is 1. The van der Waals surface area contributed by atoms with Crippen LogP contribution in [0.4, 0.5) is 5.69 Å². The van der Waals surface area contributed by atoms with Crippen LogP contribution in [0.1, 0.15) is 10.4 Å². The van der Waals surface area contributed by atoms with E-state index in [1.165, 1.54) is 7.11 Å². The molecule has 0 bridgehead atoms. The van der Waals surface area contributed by atoms with E-state index in [2.05, 4.69) is 5.32 Å². The van der Waals surface area contributed by atoms with Crippen LogP contribution in [0.25, 0.3) is 0 Å². The third kappa shape index (κ3) is 3.35. The van der Waals surface area contributed by atoms with Gasteiger partial charge in [0.2, 0.25) is 0 Å². The highest BCUT2D eigenvalue weighted by Gasteiger charge is 2.15. The van der Waals surface area contributed by atoms with Crippen LogP contribution >= 0.6 is 0 Å². The van der Waals surface area contributed by atoms with Gasteiger partial charge in [0.25, 0.3) is 0 Å². The first kappa shape index (κ1) is 13.3. The van der Waals surface area contributed by atoms with E-state index < -0.39 is 0 Å². The maximum Gasteiger partial charge on any atom is 0.340 e. The van der Waals surface area contributed by atoms with Crippen molar-refractivity contribution in [2.75, 3.05) is 40.3 Å². The van der Waals surface area contributed by atoms with Gasteiger partial charge in [-0.05, 0) is 26.2 Å². The monoisotopic (exact) mass is 238 g/mol. The lowest BCUT2D eigenvalue weighted by atomic mass is 10.1. The van der Waals surface area contributed by atoms with E-state index in [9.17, 15) is 4.79 Å². The Kier molecular flexibility index (Phi) is 4.78. The molecule has 1 rings (SSSR count). The van der Waals surface area contributed by atoms with Crippen molar-refractivity contribution < 1.29 is 14.3 Å². The number of para-hydroxylation sites is 1. The van der Waals surface area contributed by atoms with Crippen LogP contribution in [0.5, 0.6) is 5.75 Å². The molecule has 1 aromatic carbocycles. The third-order valence-electron chi connectivity index (χ3n) is 2.22. The number of rotatable bonds is 5. The van der Waals surface area contributed by atoms with Crippen LogP contribution in [0.3, 0.4) is 0 Å². The van der Waals surface area contributed by atoms with Crippen LogP contribution in [0.2, 0.25) is 0 Å². The van der Waals surface area contributed by atoms with Gasteiger partial charge in [-0.2, -0.15) is 0 Å². The molecule has 0 aliphatic rings. The molecule has 0 heterocycles. The highest BCUT2D eigenvalue weighted by molar-refractivity contribution is 5.97. The van der Waals surface area contributed by atoms with E-state index in [1.54, 1.807) is 25.3 Å². The maximum atomic E-state index is 11.6. The third-order valence-corrected chi connectivity index (χ3v) is 2.22. The molecule has 0 saturated carbocycles. The lowest BCUT2D eigenvalue weighted by Crippen LogP contribution is -2.22. The fraction of sp³-hybridized carbons (Fsp3) is 0.417. The van der Waals surface area contributed by atoms with Gasteiger partial charge in [0.1, 0.15) is 5.75 Å². The topological polar surface area (TPSA) is 50.8 Å². The summed E-state index contributed by atoms with van der Waals surface area (Å²) in [6, 6.07) is 5.25. The van der Waals surface area contributed by atoms with Crippen molar-refractivity contribution in [3.05, 3.63) is 23.8 Å². The molecule has 0 fully saturated rings. The number of nitrogens with one attached hydrogen (secondary N) is 1. The summed E-state index contributed by atoms with van der Waals surface area (Å²) in [5, 5.41) is 3.15. The second-order valence-corrected chi connectivity index (χ2v) is 3.79. The van der Waals surface area contributed by atoms with Gasteiger partial charge in [0.15, 0.2) is 0 Å². The van der Waals surface area contributed by atoms with E-state index in [-0.39, 0.29) is 5.97 Å². The number of methoxy groups -OCH3 is 2. The average molecular weight is 238 g/mol. The molecule has 0 aromatic heterocycles. The van der Waals surface area contributed by atoms with Crippen molar-refractivity contribution in [3.63, 3.8) is 0 Å². The number of esters is 1. The van der Waals surface area contributed by atoms with E-state index in [0.29, 0.717) is 23.7 Å². The Bertz CT molecular complexity index is 391. The number of carbonyl (C=O) groups excluding carboxylic acids is 1. The van der Waals surface area contributed by atoms with Gasteiger partial charge >= 0.3 is 5.97 Å². The van der Waals surface area contributed by atoms with E-state index in [4.69, 9.17) is 9.47 Å². The SMILES string of the molecule is COC(=O)c1cccc(OC)c1NCN(C)C. The van der Waals surface area contributed by atoms with Gasteiger partial charge in [0, 0.05) is 0 Å². The number of ether oxygens (including phenoxy) is 2. The lowest BCUT2D eigenvalue weighted by Gasteiger charge is -2.17. The van der Waals surface area contributed by atoms with Crippen LogP contribution in [0.15, 0.2) is 18.2 Å². The number of hydrogen-bond acceptors (Lipinski definition) is 5. The Morgan fingerprint density at radius 2 is 2.06 bits per heavy atom. The second-order valence-electron chi connectivity index (χ2n) is 3.79. The molecule has 94 valence electrons. The van der Waals surface area contributed by atoms with Gasteiger partial charge in [0.05, 0.1) is 32.1 Å². The van der Waals surface area contributed by atoms with Gasteiger partial charge in [-0.15, -0.1) is 0 Å². The first-order valence-electron chi connectivity index (χ1n) is 5.24. The standard InChI is InChI=1S/C12H18N2O3/c1-14(2)8-13-11-9(12(15)17-4)6-5-7-10(11)16-3/h5-7,13H,8H2,1-4H3. The minimum absolute atomic E-state index is 0.384. The molecule has 5 heteroatoms. The molecule has 0 aliphatic heterocycles. The van der Waals surface area contributed by atoms with Gasteiger partial charge in [-0.3, -0.25) is 4.90 Å². The Morgan fingerprint density at radius 1 is 1.35 bits per heavy atom. The minimum atomic E-state index is -0.384. The van der Waals surface area contributed by atoms with E-state index in [0.717, 1.165) is 0 Å². The van der Waals surface area contributed by atoms with Crippen molar-refractivity contribution >= 4 is 11.7 Å². The summed E-state index contributed by atoms with van der Waals surface area (Å²) in [5.41, 5.74) is 1.12.